The lowest BCUT2D eigenvalue weighted by Crippen LogP contribution is -2.45. The highest BCUT2D eigenvalue weighted by Gasteiger charge is 2.31. The molecule has 22 heavy (non-hydrogen) atoms. The van der Waals surface area contributed by atoms with Gasteiger partial charge in [0.25, 0.3) is 0 Å². The molecule has 120 valence electrons. The average molecular weight is 322 g/mol. The van der Waals surface area contributed by atoms with Crippen molar-refractivity contribution >= 4 is 23.6 Å². The number of aromatic nitrogens is 1. The molecule has 5 nitrogen and oxygen atoms in total. The minimum atomic E-state index is -0.186. The van der Waals surface area contributed by atoms with E-state index in [1.807, 2.05) is 19.1 Å². The lowest BCUT2D eigenvalue weighted by Gasteiger charge is -2.33. The van der Waals surface area contributed by atoms with E-state index in [4.69, 9.17) is 4.74 Å². The second kappa shape index (κ2) is 8.17. The van der Waals surface area contributed by atoms with Crippen LogP contribution >= 0.6 is 11.8 Å². The SMILES string of the molecule is CCOC(=O)[C@@H]1CCCN(C(=O)[C@@H](C)Sc2ccncc2)C1. The van der Waals surface area contributed by atoms with Crippen LogP contribution in [0.3, 0.4) is 0 Å². The Balaban J connectivity index is 1.92. The molecule has 0 bridgehead atoms. The Morgan fingerprint density at radius 3 is 2.86 bits per heavy atom. The van der Waals surface area contributed by atoms with Crippen LogP contribution in [0, 0.1) is 5.92 Å². The first-order valence-electron chi connectivity index (χ1n) is 7.64. The number of piperidine rings is 1. The molecule has 6 heteroatoms. The molecule has 1 aliphatic heterocycles. The highest BCUT2D eigenvalue weighted by atomic mass is 32.2. The van der Waals surface area contributed by atoms with Crippen LogP contribution in [-0.2, 0) is 14.3 Å². The van der Waals surface area contributed by atoms with E-state index in [2.05, 4.69) is 4.98 Å². The van der Waals surface area contributed by atoms with Crippen molar-refractivity contribution in [1.29, 1.82) is 0 Å². The molecule has 1 amide bonds. The molecule has 2 rings (SSSR count). The third-order valence-corrected chi connectivity index (χ3v) is 4.76. The van der Waals surface area contributed by atoms with Crippen LogP contribution in [0.4, 0.5) is 0 Å². The number of esters is 1. The van der Waals surface area contributed by atoms with Gasteiger partial charge in [-0.2, -0.15) is 0 Å². The zero-order valence-electron chi connectivity index (χ0n) is 13.0. The summed E-state index contributed by atoms with van der Waals surface area (Å²) in [5, 5.41) is -0.177. The lowest BCUT2D eigenvalue weighted by atomic mass is 9.98. The van der Waals surface area contributed by atoms with Crippen LogP contribution in [0.5, 0.6) is 0 Å². The van der Waals surface area contributed by atoms with Crippen LogP contribution in [0.25, 0.3) is 0 Å². The Bertz CT molecular complexity index is 509. The highest BCUT2D eigenvalue weighted by Crippen LogP contribution is 2.26. The van der Waals surface area contributed by atoms with Gasteiger partial charge in [0.05, 0.1) is 17.8 Å². The van der Waals surface area contributed by atoms with Gasteiger partial charge in [0, 0.05) is 30.4 Å². The van der Waals surface area contributed by atoms with Gasteiger partial charge in [0.1, 0.15) is 0 Å². The summed E-state index contributed by atoms with van der Waals surface area (Å²) in [6.45, 7) is 5.28. The van der Waals surface area contributed by atoms with Crippen molar-refractivity contribution in [3.8, 4) is 0 Å². The topological polar surface area (TPSA) is 59.5 Å². The van der Waals surface area contributed by atoms with Crippen LogP contribution in [0.1, 0.15) is 26.7 Å². The summed E-state index contributed by atoms with van der Waals surface area (Å²) >= 11 is 1.52. The van der Waals surface area contributed by atoms with Gasteiger partial charge in [-0.25, -0.2) is 0 Å². The van der Waals surface area contributed by atoms with E-state index in [-0.39, 0.29) is 23.0 Å². The molecule has 1 aromatic rings. The summed E-state index contributed by atoms with van der Waals surface area (Å²) in [5.41, 5.74) is 0. The zero-order chi connectivity index (χ0) is 15.9. The van der Waals surface area contributed by atoms with Gasteiger partial charge in [-0.15, -0.1) is 11.8 Å². The Morgan fingerprint density at radius 2 is 2.18 bits per heavy atom. The predicted octanol–water partition coefficient (Wildman–Crippen LogP) is 2.36. The molecular weight excluding hydrogens is 300 g/mol. The number of ether oxygens (including phenoxy) is 1. The predicted molar refractivity (Wildman–Crippen MR) is 85.5 cm³/mol. The van der Waals surface area contributed by atoms with Gasteiger partial charge in [-0.05, 0) is 38.8 Å². The van der Waals surface area contributed by atoms with Crippen LogP contribution in [0.15, 0.2) is 29.4 Å². The first-order valence-corrected chi connectivity index (χ1v) is 8.52. The van der Waals surface area contributed by atoms with Crippen LogP contribution in [-0.4, -0.2) is 46.7 Å². The fourth-order valence-electron chi connectivity index (χ4n) is 2.56. The Labute approximate surface area is 135 Å². The largest absolute Gasteiger partial charge is 0.466 e. The molecule has 2 atom stereocenters. The lowest BCUT2D eigenvalue weighted by molar-refractivity contribution is -0.151. The van der Waals surface area contributed by atoms with E-state index < -0.39 is 0 Å². The molecule has 0 saturated carbocycles. The fraction of sp³-hybridized carbons (Fsp3) is 0.562. The summed E-state index contributed by atoms with van der Waals surface area (Å²) < 4.78 is 5.08. The second-order valence-corrected chi connectivity index (χ2v) is 6.73. The number of likely N-dealkylation sites (tertiary alicyclic amines) is 1. The molecule has 0 unspecified atom stereocenters. The first kappa shape index (κ1) is 16.8. The van der Waals surface area contributed by atoms with E-state index in [1.165, 1.54) is 11.8 Å². The van der Waals surface area contributed by atoms with Crippen molar-refractivity contribution in [2.24, 2.45) is 5.92 Å². The number of nitrogens with zero attached hydrogens (tertiary/aromatic N) is 2. The average Bonchev–Trinajstić information content (AvgIpc) is 2.55. The third kappa shape index (κ3) is 4.47. The van der Waals surface area contributed by atoms with Crippen molar-refractivity contribution < 1.29 is 14.3 Å². The number of amides is 1. The number of hydrogen-bond donors (Lipinski definition) is 0. The third-order valence-electron chi connectivity index (χ3n) is 3.66. The molecule has 0 N–H and O–H groups in total. The number of thioether (sulfide) groups is 1. The highest BCUT2D eigenvalue weighted by molar-refractivity contribution is 8.00. The summed E-state index contributed by atoms with van der Waals surface area (Å²) in [7, 11) is 0. The summed E-state index contributed by atoms with van der Waals surface area (Å²) in [6, 6.07) is 3.79. The maximum atomic E-state index is 12.6. The standard InChI is InChI=1S/C16H22N2O3S/c1-3-21-16(20)13-5-4-10-18(11-13)15(19)12(2)22-14-6-8-17-9-7-14/h6-9,12-13H,3-5,10-11H2,1-2H3/t12-,13-/m1/s1. The van der Waals surface area contributed by atoms with Gasteiger partial charge in [0.15, 0.2) is 0 Å². The number of carbonyl (C=O) groups excluding carboxylic acids is 2. The number of hydrogen-bond acceptors (Lipinski definition) is 5. The van der Waals surface area contributed by atoms with E-state index in [0.717, 1.165) is 24.3 Å². The molecule has 1 aliphatic rings. The van der Waals surface area contributed by atoms with E-state index in [0.29, 0.717) is 13.2 Å². The zero-order valence-corrected chi connectivity index (χ0v) is 13.8. The van der Waals surface area contributed by atoms with Crippen molar-refractivity contribution in [1.82, 2.24) is 9.88 Å². The molecule has 0 radical (unpaired) electrons. The van der Waals surface area contributed by atoms with E-state index in [9.17, 15) is 9.59 Å². The maximum Gasteiger partial charge on any atom is 0.310 e. The smallest absolute Gasteiger partial charge is 0.310 e. The van der Waals surface area contributed by atoms with Gasteiger partial charge in [-0.1, -0.05) is 0 Å². The summed E-state index contributed by atoms with van der Waals surface area (Å²) in [5.74, 6) is -0.291. The van der Waals surface area contributed by atoms with Crippen molar-refractivity contribution in [2.75, 3.05) is 19.7 Å². The van der Waals surface area contributed by atoms with Crippen molar-refractivity contribution in [3.63, 3.8) is 0 Å². The van der Waals surface area contributed by atoms with Crippen molar-refractivity contribution in [3.05, 3.63) is 24.5 Å². The van der Waals surface area contributed by atoms with Crippen LogP contribution < -0.4 is 0 Å². The minimum Gasteiger partial charge on any atom is -0.466 e. The van der Waals surface area contributed by atoms with E-state index >= 15 is 0 Å². The molecule has 0 spiro atoms. The monoisotopic (exact) mass is 322 g/mol. The Morgan fingerprint density at radius 1 is 1.45 bits per heavy atom. The van der Waals surface area contributed by atoms with E-state index in [1.54, 1.807) is 24.2 Å². The molecule has 1 fully saturated rings. The Kier molecular flexibility index (Phi) is 6.24. The summed E-state index contributed by atoms with van der Waals surface area (Å²) in [6.07, 6.45) is 5.09. The fourth-order valence-corrected chi connectivity index (χ4v) is 3.50. The number of carbonyl (C=O) groups is 2. The normalized spacial score (nSPS) is 19.5. The first-order chi connectivity index (χ1) is 10.6. The molecule has 1 aromatic heterocycles. The second-order valence-electron chi connectivity index (χ2n) is 5.32. The van der Waals surface area contributed by atoms with Gasteiger partial charge >= 0.3 is 5.97 Å². The van der Waals surface area contributed by atoms with Gasteiger partial charge in [-0.3, -0.25) is 14.6 Å². The minimum absolute atomic E-state index is 0.0795. The quantitative estimate of drug-likeness (QED) is 0.615. The number of pyridine rings is 1. The van der Waals surface area contributed by atoms with Gasteiger partial charge in [0.2, 0.25) is 5.91 Å². The van der Waals surface area contributed by atoms with Crippen molar-refractivity contribution in [2.45, 2.75) is 36.8 Å². The molecular formula is C16H22N2O3S. The Hall–Kier alpha value is -1.56. The van der Waals surface area contributed by atoms with Gasteiger partial charge < -0.3 is 9.64 Å². The molecule has 1 saturated heterocycles. The van der Waals surface area contributed by atoms with Crippen LogP contribution in [0.2, 0.25) is 0 Å². The summed E-state index contributed by atoms with van der Waals surface area (Å²) in [4.78, 5) is 31.2. The maximum absolute atomic E-state index is 12.6. The number of rotatable bonds is 5. The molecule has 0 aliphatic carbocycles. The molecule has 2 heterocycles. The molecule has 0 aromatic carbocycles.